The van der Waals surface area contributed by atoms with Gasteiger partial charge in [0.15, 0.2) is 0 Å². The molecule has 0 aliphatic heterocycles. The summed E-state index contributed by atoms with van der Waals surface area (Å²) >= 11 is 0. The maximum atomic E-state index is 11.1. The Labute approximate surface area is 151 Å². The van der Waals surface area contributed by atoms with Gasteiger partial charge < -0.3 is 5.73 Å². The minimum absolute atomic E-state index is 0. The topological polar surface area (TPSA) is 182 Å². The van der Waals surface area contributed by atoms with Crippen molar-refractivity contribution in [3.8, 4) is 30.6 Å². The number of rotatable bonds is 1. The van der Waals surface area contributed by atoms with E-state index >= 15 is 0 Å². The van der Waals surface area contributed by atoms with Crippen LogP contribution in [0.1, 0.15) is 6.92 Å². The largest absolute Gasteiger partial charge is 0.370 e. The molecule has 9 nitrogen and oxygen atoms in total. The van der Waals surface area contributed by atoms with Gasteiger partial charge in [0, 0.05) is 58.3 Å². The number of nitrogens with two attached hydrogens (primary N) is 1. The maximum absolute atomic E-state index is 11.1. The smallest absolute Gasteiger partial charge is 0.307 e. The Bertz CT molecular complexity index is 498. The van der Waals surface area contributed by atoms with E-state index in [1.807, 2.05) is 0 Å². The van der Waals surface area contributed by atoms with Gasteiger partial charge in [-0.15, -0.1) is 4.90 Å². The summed E-state index contributed by atoms with van der Waals surface area (Å²) in [4.78, 5) is 20.3. The van der Waals surface area contributed by atoms with Crippen LogP contribution in [0.25, 0.3) is 0 Å². The fourth-order valence-electron chi connectivity index (χ4n) is 0.499. The third kappa shape index (κ3) is 7.13. The summed E-state index contributed by atoms with van der Waals surface area (Å²) in [6.45, 7) is 1.31. The molecule has 0 aromatic carbocycles. The zero-order valence-electron chi connectivity index (χ0n) is 10.1. The van der Waals surface area contributed by atoms with Crippen molar-refractivity contribution in [1.29, 1.82) is 26.3 Å². The number of hydrogen-bond acceptors (Lipinski definition) is 7. The first-order valence-electron chi connectivity index (χ1n) is 3.99. The number of primary amides is 1. The molecule has 0 unspecified atom stereocenters. The van der Waals surface area contributed by atoms with Gasteiger partial charge in [-0.3, -0.25) is 9.59 Å². The second-order valence-electron chi connectivity index (χ2n) is 2.54. The summed E-state index contributed by atoms with van der Waals surface area (Å²) < 4.78 is 0. The number of nitrogens with zero attached hydrogens (tertiary/aromatic N) is 6. The van der Waals surface area contributed by atoms with Gasteiger partial charge in [-0.1, -0.05) is 0 Å². The van der Waals surface area contributed by atoms with E-state index in [-0.39, 0.29) is 62.2 Å². The molecule has 0 heterocycles. The fourth-order valence-corrected chi connectivity index (χ4v) is 0.499. The van der Waals surface area contributed by atoms with Crippen molar-refractivity contribution < 1.29 is 9.59 Å². The summed E-state index contributed by atoms with van der Waals surface area (Å²) in [5, 5.41) is 41.8. The first-order chi connectivity index (χ1) is 8.34. The fraction of sp³-hybridized carbons (Fsp3) is 0.222. The van der Waals surface area contributed by atoms with E-state index in [4.69, 9.17) is 26.3 Å². The van der Waals surface area contributed by atoms with Gasteiger partial charge in [-0.25, -0.2) is 0 Å². The van der Waals surface area contributed by atoms with Crippen LogP contribution in [0.4, 0.5) is 0 Å². The Morgan fingerprint density at radius 1 is 1.00 bits per heavy atom. The number of hydrogen-bond donors (Lipinski definition) is 1. The van der Waals surface area contributed by atoms with E-state index in [1.54, 1.807) is 0 Å². The first kappa shape index (κ1) is 22.2. The molecule has 2 amide bonds. The van der Waals surface area contributed by atoms with E-state index in [0.717, 1.165) is 30.6 Å². The second-order valence-corrected chi connectivity index (χ2v) is 2.54. The van der Waals surface area contributed by atoms with Crippen LogP contribution in [0.2, 0.25) is 0 Å². The zero-order valence-corrected chi connectivity index (χ0v) is 13.2. The van der Waals surface area contributed by atoms with Crippen molar-refractivity contribution >= 4 is 63.2 Å². The predicted molar refractivity (Wildman–Crippen MR) is 58.0 cm³/mol. The van der Waals surface area contributed by atoms with Gasteiger partial charge >= 0.3 is 5.41 Å². The van der Waals surface area contributed by atoms with E-state index in [9.17, 15) is 9.59 Å². The molecule has 0 saturated carbocycles. The number of carbonyl (C=O) groups excluding carboxylic acids is 2. The van der Waals surface area contributed by atoms with Crippen LogP contribution in [-0.4, -0.2) is 68.1 Å². The molecule has 0 aromatic heterocycles. The van der Waals surface area contributed by atoms with Crippen molar-refractivity contribution in [3.05, 3.63) is 0 Å². The van der Waals surface area contributed by atoms with Crippen LogP contribution >= 0.6 is 0 Å². The Morgan fingerprint density at radius 2 is 1.26 bits per heavy atom. The molecule has 1 radical (unpaired) electrons. The predicted octanol–water partition coefficient (Wildman–Crippen LogP) is -1.55. The molecule has 0 aliphatic carbocycles. The van der Waals surface area contributed by atoms with Gasteiger partial charge in [0.25, 0.3) is 5.91 Å². The standard InChI is InChI=1S/C7N6O.C2H5NO.K/c8-1-7(2-9,3-10)6(14)13(4-11)5-12;1-2(3)4;/h;1H3,(H2,3,4);. The summed E-state index contributed by atoms with van der Waals surface area (Å²) in [5.74, 6) is -1.80. The Morgan fingerprint density at radius 3 is 1.42 bits per heavy atom. The molecule has 19 heavy (non-hydrogen) atoms. The average molecular weight is 282 g/mol. The van der Waals surface area contributed by atoms with Gasteiger partial charge in [-0.2, -0.15) is 26.3 Å². The Hall–Kier alpha value is -1.97. The summed E-state index contributed by atoms with van der Waals surface area (Å²) in [6.07, 6.45) is 2.26. The molecule has 0 aliphatic rings. The molecule has 0 saturated heterocycles. The molecule has 0 bridgehead atoms. The number of amides is 2. The normalized spacial score (nSPS) is 7.16. The second kappa shape index (κ2) is 11.1. The third-order valence-electron chi connectivity index (χ3n) is 1.23. The van der Waals surface area contributed by atoms with Crippen molar-refractivity contribution in [1.82, 2.24) is 4.90 Å². The van der Waals surface area contributed by atoms with Gasteiger partial charge in [-0.05, 0) is 0 Å². The van der Waals surface area contributed by atoms with Crippen molar-refractivity contribution in [2.45, 2.75) is 6.92 Å². The Kier molecular flexibility index (Phi) is 13.0. The van der Waals surface area contributed by atoms with Gasteiger partial charge in [0.2, 0.25) is 18.3 Å². The molecule has 89 valence electrons. The molecule has 10 heteroatoms. The first-order valence-corrected chi connectivity index (χ1v) is 3.99. The zero-order chi connectivity index (χ0) is 14.8. The minimum atomic E-state index is -2.63. The molecule has 2 N–H and O–H groups in total. The van der Waals surface area contributed by atoms with E-state index in [1.165, 1.54) is 6.92 Å². The maximum Gasteiger partial charge on any atom is 0.307 e. The minimum Gasteiger partial charge on any atom is -0.370 e. The molecular weight excluding hydrogens is 277 g/mol. The summed E-state index contributed by atoms with van der Waals surface area (Å²) in [6, 6.07) is 3.44. The van der Waals surface area contributed by atoms with E-state index < -0.39 is 11.3 Å². The van der Waals surface area contributed by atoms with Crippen LogP contribution in [-0.2, 0) is 9.59 Å². The quantitative estimate of drug-likeness (QED) is 0.342. The summed E-state index contributed by atoms with van der Waals surface area (Å²) in [7, 11) is 0. The van der Waals surface area contributed by atoms with Crippen molar-refractivity contribution in [3.63, 3.8) is 0 Å². The molecule has 0 spiro atoms. The molecular formula is C9H5KN7O2. The average Bonchev–Trinajstić information content (AvgIpc) is 2.33. The third-order valence-corrected chi connectivity index (χ3v) is 1.23. The van der Waals surface area contributed by atoms with Crippen molar-refractivity contribution in [2.24, 2.45) is 11.1 Å². The van der Waals surface area contributed by atoms with Crippen LogP contribution < -0.4 is 5.73 Å². The monoisotopic (exact) mass is 282 g/mol. The van der Waals surface area contributed by atoms with E-state index in [2.05, 4.69) is 5.73 Å². The van der Waals surface area contributed by atoms with Crippen LogP contribution in [0.15, 0.2) is 0 Å². The number of nitriles is 5. The Balaban J connectivity index is -0.000000448. The van der Waals surface area contributed by atoms with Gasteiger partial charge in [0.1, 0.15) is 18.2 Å². The molecule has 0 rings (SSSR count). The van der Waals surface area contributed by atoms with Crippen LogP contribution in [0.3, 0.4) is 0 Å². The van der Waals surface area contributed by atoms with Crippen LogP contribution in [0, 0.1) is 62.3 Å². The van der Waals surface area contributed by atoms with Crippen molar-refractivity contribution in [2.75, 3.05) is 0 Å². The molecule has 0 fully saturated rings. The van der Waals surface area contributed by atoms with Gasteiger partial charge in [0.05, 0.1) is 0 Å². The molecule has 0 atom stereocenters. The number of carbonyl (C=O) groups is 2. The summed E-state index contributed by atoms with van der Waals surface area (Å²) in [5.41, 5.74) is 1.84. The van der Waals surface area contributed by atoms with E-state index in [0.29, 0.717) is 0 Å². The van der Waals surface area contributed by atoms with Crippen LogP contribution in [0.5, 0.6) is 0 Å². The molecule has 0 aromatic rings. The SMILES string of the molecule is CC(N)=O.N#CN(C#N)C(=O)C(C#N)(C#N)C#N.[K].